The minimum atomic E-state index is -0.153. The topological polar surface area (TPSA) is 55.1 Å². The number of amides is 1. The lowest BCUT2D eigenvalue weighted by atomic mass is 10.0. The summed E-state index contributed by atoms with van der Waals surface area (Å²) in [6, 6.07) is 9.42. The van der Waals surface area contributed by atoms with Gasteiger partial charge in [0.15, 0.2) is 5.58 Å². The van der Waals surface area contributed by atoms with Crippen LogP contribution >= 0.6 is 11.6 Å². The molecule has 1 heterocycles. The van der Waals surface area contributed by atoms with E-state index in [0.29, 0.717) is 22.0 Å². The first kappa shape index (κ1) is 15.6. The SMILES string of the molecule is Cc1cc(C)c2c(CC(=O)Nc3ccc(C)c(Cl)c3)noc2c1. The highest BCUT2D eigenvalue weighted by atomic mass is 35.5. The van der Waals surface area contributed by atoms with Crippen LogP contribution < -0.4 is 5.32 Å². The van der Waals surface area contributed by atoms with Crippen molar-refractivity contribution in [2.24, 2.45) is 0 Å². The third-order valence-electron chi connectivity index (χ3n) is 3.77. The number of anilines is 1. The van der Waals surface area contributed by atoms with Crippen molar-refractivity contribution >= 4 is 34.2 Å². The van der Waals surface area contributed by atoms with Gasteiger partial charge in [-0.3, -0.25) is 4.79 Å². The van der Waals surface area contributed by atoms with Gasteiger partial charge in [-0.25, -0.2) is 0 Å². The van der Waals surface area contributed by atoms with Crippen molar-refractivity contribution in [1.29, 1.82) is 0 Å². The lowest BCUT2D eigenvalue weighted by Gasteiger charge is -2.06. The fourth-order valence-electron chi connectivity index (χ4n) is 2.67. The van der Waals surface area contributed by atoms with Crippen molar-refractivity contribution in [3.8, 4) is 0 Å². The second kappa shape index (κ2) is 6.05. The molecule has 0 fully saturated rings. The standard InChI is InChI=1S/C18H17ClN2O2/c1-10-6-12(3)18-15(21-23-16(18)7-10)9-17(22)20-13-5-4-11(2)14(19)8-13/h4-8H,9H2,1-3H3,(H,20,22). The molecule has 3 rings (SSSR count). The molecule has 118 valence electrons. The summed E-state index contributed by atoms with van der Waals surface area (Å²) in [5, 5.41) is 8.42. The molecule has 0 saturated carbocycles. The number of halogens is 1. The van der Waals surface area contributed by atoms with E-state index in [0.717, 1.165) is 22.1 Å². The fraction of sp³-hybridized carbons (Fsp3) is 0.222. The number of nitrogens with zero attached hydrogens (tertiary/aromatic N) is 1. The number of carbonyl (C=O) groups excluding carboxylic acids is 1. The third kappa shape index (κ3) is 3.22. The molecule has 1 N–H and O–H groups in total. The quantitative estimate of drug-likeness (QED) is 0.765. The first-order valence-electron chi connectivity index (χ1n) is 7.35. The van der Waals surface area contributed by atoms with E-state index in [4.69, 9.17) is 16.1 Å². The molecule has 23 heavy (non-hydrogen) atoms. The minimum Gasteiger partial charge on any atom is -0.356 e. The first-order valence-corrected chi connectivity index (χ1v) is 7.73. The molecule has 0 aliphatic heterocycles. The van der Waals surface area contributed by atoms with Crippen molar-refractivity contribution in [2.75, 3.05) is 5.32 Å². The Bertz CT molecular complexity index is 899. The number of hydrogen-bond acceptors (Lipinski definition) is 3. The van der Waals surface area contributed by atoms with Crippen LogP contribution in [-0.4, -0.2) is 11.1 Å². The Hall–Kier alpha value is -2.33. The number of fused-ring (bicyclic) bond motifs is 1. The Morgan fingerprint density at radius 3 is 2.70 bits per heavy atom. The zero-order valence-corrected chi connectivity index (χ0v) is 14.0. The van der Waals surface area contributed by atoms with E-state index in [1.165, 1.54) is 0 Å². The van der Waals surface area contributed by atoms with Crippen LogP contribution in [0.15, 0.2) is 34.9 Å². The summed E-state index contributed by atoms with van der Waals surface area (Å²) in [6.07, 6.45) is 0.155. The molecule has 0 radical (unpaired) electrons. The lowest BCUT2D eigenvalue weighted by Crippen LogP contribution is -2.14. The predicted molar refractivity (Wildman–Crippen MR) is 92.0 cm³/mol. The summed E-state index contributed by atoms with van der Waals surface area (Å²) in [7, 11) is 0. The Balaban J connectivity index is 1.81. The second-order valence-corrected chi connectivity index (χ2v) is 6.18. The summed E-state index contributed by atoms with van der Waals surface area (Å²) >= 11 is 6.08. The van der Waals surface area contributed by atoms with E-state index in [-0.39, 0.29) is 12.3 Å². The number of aromatic nitrogens is 1. The molecule has 3 aromatic rings. The fourth-order valence-corrected chi connectivity index (χ4v) is 2.85. The predicted octanol–water partition coefficient (Wildman–Crippen LogP) is 4.59. The van der Waals surface area contributed by atoms with Crippen LogP contribution in [0.1, 0.15) is 22.4 Å². The van der Waals surface area contributed by atoms with Gasteiger partial charge >= 0.3 is 0 Å². The molecule has 0 spiro atoms. The average molecular weight is 329 g/mol. The van der Waals surface area contributed by atoms with E-state index < -0.39 is 0 Å². The molecule has 5 heteroatoms. The van der Waals surface area contributed by atoms with Gasteiger partial charge in [0.2, 0.25) is 5.91 Å². The van der Waals surface area contributed by atoms with Gasteiger partial charge < -0.3 is 9.84 Å². The Kier molecular flexibility index (Phi) is 4.09. The minimum absolute atomic E-state index is 0.153. The number of rotatable bonds is 3. The van der Waals surface area contributed by atoms with Crippen molar-refractivity contribution in [3.63, 3.8) is 0 Å². The zero-order chi connectivity index (χ0) is 16.6. The molecule has 0 aliphatic rings. The van der Waals surface area contributed by atoms with Crippen molar-refractivity contribution in [1.82, 2.24) is 5.16 Å². The van der Waals surface area contributed by atoms with E-state index >= 15 is 0 Å². The molecule has 0 atom stereocenters. The average Bonchev–Trinajstić information content (AvgIpc) is 2.85. The molecular formula is C18H17ClN2O2. The normalized spacial score (nSPS) is 11.0. The monoisotopic (exact) mass is 328 g/mol. The lowest BCUT2D eigenvalue weighted by molar-refractivity contribution is -0.115. The highest BCUT2D eigenvalue weighted by molar-refractivity contribution is 6.31. The highest BCUT2D eigenvalue weighted by Gasteiger charge is 2.15. The molecule has 4 nitrogen and oxygen atoms in total. The van der Waals surface area contributed by atoms with Crippen LogP contribution in [0.5, 0.6) is 0 Å². The summed E-state index contributed by atoms with van der Waals surface area (Å²) < 4.78 is 5.35. The van der Waals surface area contributed by atoms with Crippen molar-refractivity contribution in [2.45, 2.75) is 27.2 Å². The summed E-state index contributed by atoms with van der Waals surface area (Å²) in [4.78, 5) is 12.3. The van der Waals surface area contributed by atoms with Gasteiger partial charge in [0.05, 0.1) is 6.42 Å². The molecule has 1 amide bonds. The van der Waals surface area contributed by atoms with Crippen LogP contribution in [0.2, 0.25) is 5.02 Å². The summed E-state index contributed by atoms with van der Waals surface area (Å²) in [5.74, 6) is -0.153. The maximum Gasteiger partial charge on any atom is 0.230 e. The van der Waals surface area contributed by atoms with Crippen LogP contribution in [0.3, 0.4) is 0 Å². The van der Waals surface area contributed by atoms with Crippen LogP contribution in [0.4, 0.5) is 5.69 Å². The van der Waals surface area contributed by atoms with Crippen LogP contribution in [0, 0.1) is 20.8 Å². The number of nitrogens with one attached hydrogen (secondary N) is 1. The largest absolute Gasteiger partial charge is 0.356 e. The van der Waals surface area contributed by atoms with Gasteiger partial charge in [-0.15, -0.1) is 0 Å². The molecule has 0 aliphatic carbocycles. The van der Waals surface area contributed by atoms with Gasteiger partial charge in [0.25, 0.3) is 0 Å². The van der Waals surface area contributed by atoms with E-state index in [2.05, 4.69) is 16.5 Å². The number of aryl methyl sites for hydroxylation is 3. The van der Waals surface area contributed by atoms with Gasteiger partial charge in [-0.2, -0.15) is 0 Å². The van der Waals surface area contributed by atoms with E-state index in [9.17, 15) is 4.79 Å². The molecule has 0 bridgehead atoms. The number of hydrogen-bond donors (Lipinski definition) is 1. The first-order chi connectivity index (χ1) is 10.9. The maximum atomic E-state index is 12.3. The zero-order valence-electron chi connectivity index (χ0n) is 13.2. The molecule has 0 unspecified atom stereocenters. The summed E-state index contributed by atoms with van der Waals surface area (Å²) in [5.41, 5.74) is 5.17. The van der Waals surface area contributed by atoms with Gasteiger partial charge in [-0.05, 0) is 55.7 Å². The molecule has 0 saturated heterocycles. The van der Waals surface area contributed by atoms with Crippen LogP contribution in [-0.2, 0) is 11.2 Å². The third-order valence-corrected chi connectivity index (χ3v) is 4.18. The summed E-state index contributed by atoms with van der Waals surface area (Å²) in [6.45, 7) is 5.91. The van der Waals surface area contributed by atoms with E-state index in [1.54, 1.807) is 6.07 Å². The van der Waals surface area contributed by atoms with Gasteiger partial charge in [-0.1, -0.05) is 28.9 Å². The van der Waals surface area contributed by atoms with Gasteiger partial charge in [0.1, 0.15) is 5.69 Å². The van der Waals surface area contributed by atoms with Crippen molar-refractivity contribution < 1.29 is 9.32 Å². The smallest absolute Gasteiger partial charge is 0.230 e. The molecular weight excluding hydrogens is 312 g/mol. The molecule has 1 aromatic heterocycles. The van der Waals surface area contributed by atoms with Crippen LogP contribution in [0.25, 0.3) is 11.0 Å². The maximum absolute atomic E-state index is 12.3. The Morgan fingerprint density at radius 2 is 1.96 bits per heavy atom. The Morgan fingerprint density at radius 1 is 1.17 bits per heavy atom. The highest BCUT2D eigenvalue weighted by Crippen LogP contribution is 2.25. The number of benzene rings is 2. The second-order valence-electron chi connectivity index (χ2n) is 5.77. The van der Waals surface area contributed by atoms with Crippen molar-refractivity contribution in [3.05, 3.63) is 57.7 Å². The number of carbonyl (C=O) groups is 1. The van der Waals surface area contributed by atoms with E-state index in [1.807, 2.05) is 39.0 Å². The van der Waals surface area contributed by atoms with Gasteiger partial charge in [0, 0.05) is 16.1 Å². The molecule has 2 aromatic carbocycles. The Labute approximate surface area is 139 Å².